The quantitative estimate of drug-likeness (QED) is 0.426. The van der Waals surface area contributed by atoms with Gasteiger partial charge in [0.05, 0.1) is 42.1 Å². The van der Waals surface area contributed by atoms with Crippen LogP contribution in [0.3, 0.4) is 0 Å². The molecule has 0 radical (unpaired) electrons. The summed E-state index contributed by atoms with van der Waals surface area (Å²) < 4.78 is 54.2. The Morgan fingerprint density at radius 1 is 0.839 bits per heavy atom. The van der Waals surface area contributed by atoms with Gasteiger partial charge in [-0.25, -0.2) is 26.4 Å². The molecule has 0 unspecified atom stereocenters. The summed E-state index contributed by atoms with van der Waals surface area (Å²) in [5.74, 6) is -1.80. The van der Waals surface area contributed by atoms with Crippen molar-refractivity contribution in [3.8, 4) is 0 Å². The van der Waals surface area contributed by atoms with Gasteiger partial charge < -0.3 is 9.84 Å². The Morgan fingerprint density at radius 3 is 1.58 bits per heavy atom. The van der Waals surface area contributed by atoms with Gasteiger partial charge >= 0.3 is 11.9 Å². The number of benzene rings is 2. The van der Waals surface area contributed by atoms with Gasteiger partial charge in [0.25, 0.3) is 0 Å². The fourth-order valence-electron chi connectivity index (χ4n) is 2.07. The van der Waals surface area contributed by atoms with Gasteiger partial charge in [0.2, 0.25) is 20.0 Å². The molecule has 10 nitrogen and oxygen atoms in total. The van der Waals surface area contributed by atoms with Crippen molar-refractivity contribution in [2.45, 2.75) is 0 Å². The summed E-state index contributed by atoms with van der Waals surface area (Å²) in [6, 6.07) is 8.86. The number of carbonyl (C=O) groups excluding carboxylic acids is 1. The van der Waals surface area contributed by atoms with Gasteiger partial charge in [0.1, 0.15) is 0 Å². The van der Waals surface area contributed by atoms with Crippen molar-refractivity contribution in [1.82, 2.24) is 0 Å². The monoisotopic (exact) mass is 600 g/mol. The second kappa shape index (κ2) is 10.9. The molecule has 0 fully saturated rings. The average Bonchev–Trinajstić information content (AvgIpc) is 2.62. The Labute approximate surface area is 196 Å². The first-order valence-corrected chi connectivity index (χ1v) is 13.4. The molecule has 3 N–H and O–H groups in total. The van der Waals surface area contributed by atoms with E-state index < -0.39 is 32.0 Å². The lowest BCUT2D eigenvalue weighted by atomic mass is 10.2. The van der Waals surface area contributed by atoms with E-state index in [9.17, 15) is 26.4 Å². The van der Waals surface area contributed by atoms with Gasteiger partial charge in [-0.1, -0.05) is 31.9 Å². The number of halogens is 2. The first-order chi connectivity index (χ1) is 14.1. The van der Waals surface area contributed by atoms with Crippen molar-refractivity contribution in [2.24, 2.45) is 0 Å². The molecular formula is C17H18Br2N2O8S2. The van der Waals surface area contributed by atoms with E-state index in [-0.39, 0.29) is 22.5 Å². The predicted octanol–water partition coefficient (Wildman–Crippen LogP) is 3.13. The SMILES string of the molecule is COC(=O)c1cc(Br)ccc1NS(C)(=O)=O.CS(=O)(=O)Nc1ccc(Br)cc1C(=O)O. The zero-order valence-electron chi connectivity index (χ0n) is 16.3. The van der Waals surface area contributed by atoms with Gasteiger partial charge in [-0.2, -0.15) is 0 Å². The van der Waals surface area contributed by atoms with Crippen LogP contribution in [0, 0.1) is 0 Å². The van der Waals surface area contributed by atoms with E-state index in [0.29, 0.717) is 8.95 Å². The predicted molar refractivity (Wildman–Crippen MR) is 124 cm³/mol. The highest BCUT2D eigenvalue weighted by Gasteiger charge is 2.15. The summed E-state index contributed by atoms with van der Waals surface area (Å²) in [5, 5.41) is 8.83. The standard InChI is InChI=1S/C9H10BrNO4S.C8H8BrNO4S/c1-15-9(12)7-5-6(10)3-4-8(7)11-16(2,13)14;1-15(13,14)10-7-3-2-5(9)4-6(7)8(11)12/h3-5,11H,1-2H3;2-4,10H,1H3,(H,11,12). The molecule has 0 bridgehead atoms. The maximum Gasteiger partial charge on any atom is 0.340 e. The number of sulfonamides is 2. The largest absolute Gasteiger partial charge is 0.478 e. The number of carboxylic acid groups (broad SMARTS) is 1. The van der Waals surface area contributed by atoms with Gasteiger partial charge in [0, 0.05) is 8.95 Å². The number of carbonyl (C=O) groups is 2. The molecule has 170 valence electrons. The Hall–Kier alpha value is -2.16. The lowest BCUT2D eigenvalue weighted by Gasteiger charge is -2.09. The molecule has 0 aliphatic carbocycles. The third-order valence-corrected chi connectivity index (χ3v) is 5.36. The first kappa shape index (κ1) is 26.9. The van der Waals surface area contributed by atoms with Crippen molar-refractivity contribution in [1.29, 1.82) is 0 Å². The molecule has 0 heterocycles. The van der Waals surface area contributed by atoms with E-state index in [4.69, 9.17) is 5.11 Å². The highest BCUT2D eigenvalue weighted by atomic mass is 79.9. The van der Waals surface area contributed by atoms with Crippen molar-refractivity contribution >= 4 is 75.2 Å². The van der Waals surface area contributed by atoms with E-state index in [1.807, 2.05) is 0 Å². The molecule has 2 aromatic rings. The molecule has 0 amide bonds. The minimum atomic E-state index is -3.47. The van der Waals surface area contributed by atoms with Gasteiger partial charge in [-0.3, -0.25) is 9.44 Å². The number of nitrogens with one attached hydrogen (secondary N) is 2. The fraction of sp³-hybridized carbons (Fsp3) is 0.176. The molecule has 0 saturated carbocycles. The van der Waals surface area contributed by atoms with Gasteiger partial charge in [-0.05, 0) is 36.4 Å². The highest BCUT2D eigenvalue weighted by molar-refractivity contribution is 9.10. The zero-order chi connectivity index (χ0) is 24.0. The van der Waals surface area contributed by atoms with Crippen molar-refractivity contribution < 1.29 is 36.3 Å². The molecule has 0 saturated heterocycles. The summed E-state index contributed by atoms with van der Waals surface area (Å²) in [7, 11) is -5.67. The van der Waals surface area contributed by atoms with E-state index in [2.05, 4.69) is 46.0 Å². The fourth-order valence-corrected chi connectivity index (χ4v) is 3.94. The van der Waals surface area contributed by atoms with E-state index >= 15 is 0 Å². The summed E-state index contributed by atoms with van der Waals surface area (Å²) >= 11 is 6.29. The lowest BCUT2D eigenvalue weighted by molar-refractivity contribution is 0.0601. The molecular weight excluding hydrogens is 584 g/mol. The molecule has 2 aromatic carbocycles. The molecule has 31 heavy (non-hydrogen) atoms. The van der Waals surface area contributed by atoms with Crippen LogP contribution < -0.4 is 9.44 Å². The van der Waals surface area contributed by atoms with Crippen molar-refractivity contribution in [3.05, 3.63) is 56.5 Å². The third kappa shape index (κ3) is 9.67. The number of esters is 1. The molecule has 0 atom stereocenters. The molecule has 14 heteroatoms. The van der Waals surface area contributed by atoms with Crippen LogP contribution >= 0.6 is 31.9 Å². The normalized spacial score (nSPS) is 11.0. The van der Waals surface area contributed by atoms with Crippen LogP contribution in [0.5, 0.6) is 0 Å². The van der Waals surface area contributed by atoms with Crippen LogP contribution in [0.2, 0.25) is 0 Å². The van der Waals surface area contributed by atoms with E-state index in [0.717, 1.165) is 12.5 Å². The molecule has 0 spiro atoms. The Bertz CT molecular complexity index is 1200. The summed E-state index contributed by atoms with van der Waals surface area (Å²) in [5.41, 5.74) is 0.294. The number of carboxylic acids is 1. The molecule has 0 aromatic heterocycles. The van der Waals surface area contributed by atoms with Crippen LogP contribution in [-0.4, -0.2) is 53.5 Å². The lowest BCUT2D eigenvalue weighted by Crippen LogP contribution is -2.14. The van der Waals surface area contributed by atoms with Crippen molar-refractivity contribution in [2.75, 3.05) is 29.1 Å². The highest BCUT2D eigenvalue weighted by Crippen LogP contribution is 2.23. The number of rotatable bonds is 6. The summed E-state index contributed by atoms with van der Waals surface area (Å²) in [4.78, 5) is 22.2. The molecule has 0 aliphatic rings. The van der Waals surface area contributed by atoms with Gasteiger partial charge in [-0.15, -0.1) is 0 Å². The number of hydrogen-bond acceptors (Lipinski definition) is 7. The topological polar surface area (TPSA) is 156 Å². The number of ether oxygens (including phenoxy) is 1. The number of anilines is 2. The van der Waals surface area contributed by atoms with Crippen molar-refractivity contribution in [3.63, 3.8) is 0 Å². The maximum atomic E-state index is 11.4. The second-order valence-corrected chi connectivity index (χ2v) is 11.3. The average molecular weight is 602 g/mol. The summed E-state index contributed by atoms with van der Waals surface area (Å²) in [6.45, 7) is 0. The summed E-state index contributed by atoms with van der Waals surface area (Å²) in [6.07, 6.45) is 1.97. The Morgan fingerprint density at radius 2 is 1.23 bits per heavy atom. The van der Waals surface area contributed by atoms with Crippen LogP contribution in [-0.2, 0) is 24.8 Å². The zero-order valence-corrected chi connectivity index (χ0v) is 21.1. The van der Waals surface area contributed by atoms with Crippen LogP contribution in [0.1, 0.15) is 20.7 Å². The number of hydrogen-bond donors (Lipinski definition) is 3. The van der Waals surface area contributed by atoms with E-state index in [1.165, 1.54) is 31.4 Å². The second-order valence-electron chi connectivity index (χ2n) is 5.93. The number of methoxy groups -OCH3 is 1. The minimum absolute atomic E-state index is 0.0493. The first-order valence-electron chi connectivity index (χ1n) is 7.99. The molecule has 0 aliphatic heterocycles. The van der Waals surface area contributed by atoms with Crippen LogP contribution in [0.25, 0.3) is 0 Å². The Kier molecular flexibility index (Phi) is 9.47. The minimum Gasteiger partial charge on any atom is -0.478 e. The van der Waals surface area contributed by atoms with Crippen LogP contribution in [0.15, 0.2) is 45.3 Å². The maximum absolute atomic E-state index is 11.4. The smallest absolute Gasteiger partial charge is 0.340 e. The Balaban J connectivity index is 0.000000311. The molecule has 2 rings (SSSR count). The third-order valence-electron chi connectivity index (χ3n) is 3.19. The number of aromatic carboxylic acids is 1. The van der Waals surface area contributed by atoms with E-state index in [1.54, 1.807) is 12.1 Å². The van der Waals surface area contributed by atoms with Crippen LogP contribution in [0.4, 0.5) is 11.4 Å². The van der Waals surface area contributed by atoms with Gasteiger partial charge in [0.15, 0.2) is 0 Å².